The van der Waals surface area contributed by atoms with Gasteiger partial charge in [0.15, 0.2) is 0 Å². The molecule has 0 spiro atoms. The van der Waals surface area contributed by atoms with Gasteiger partial charge in [0, 0.05) is 18.9 Å². The number of hydrogen-bond acceptors (Lipinski definition) is 3. The van der Waals surface area contributed by atoms with Gasteiger partial charge in [-0.05, 0) is 34.9 Å². The molecule has 25 heavy (non-hydrogen) atoms. The summed E-state index contributed by atoms with van der Waals surface area (Å²) in [7, 11) is -3.52. The van der Waals surface area contributed by atoms with Crippen LogP contribution in [0.1, 0.15) is 16.7 Å². The molecule has 130 valence electrons. The Bertz CT molecular complexity index is 923. The van der Waals surface area contributed by atoms with E-state index in [9.17, 15) is 12.8 Å². The van der Waals surface area contributed by atoms with E-state index in [4.69, 9.17) is 0 Å². The average molecular weight is 359 g/mol. The summed E-state index contributed by atoms with van der Waals surface area (Å²) in [5, 5.41) is 4.17. The molecule has 3 rings (SSSR count). The summed E-state index contributed by atoms with van der Waals surface area (Å²) in [5.74, 6) is -0.573. The lowest BCUT2D eigenvalue weighted by Crippen LogP contribution is -2.25. The van der Waals surface area contributed by atoms with Crippen LogP contribution in [0.25, 0.3) is 0 Å². The summed E-state index contributed by atoms with van der Waals surface area (Å²) >= 11 is 0. The minimum Gasteiger partial charge on any atom is -0.268 e. The van der Waals surface area contributed by atoms with Gasteiger partial charge in [0.1, 0.15) is 5.82 Å². The third-order valence-corrected chi connectivity index (χ3v) is 5.06. The Kier molecular flexibility index (Phi) is 5.25. The number of nitrogens with zero attached hydrogens (tertiary/aromatic N) is 2. The number of rotatable bonds is 7. The summed E-state index contributed by atoms with van der Waals surface area (Å²) < 4.78 is 41.8. The van der Waals surface area contributed by atoms with Crippen molar-refractivity contribution in [1.82, 2.24) is 14.5 Å². The zero-order valence-electron chi connectivity index (χ0n) is 13.5. The summed E-state index contributed by atoms with van der Waals surface area (Å²) in [4.78, 5) is 0. The minimum absolute atomic E-state index is 0.186. The van der Waals surface area contributed by atoms with Gasteiger partial charge in [-0.25, -0.2) is 17.5 Å². The van der Waals surface area contributed by atoms with Crippen molar-refractivity contribution < 1.29 is 12.8 Å². The van der Waals surface area contributed by atoms with Gasteiger partial charge in [-0.2, -0.15) is 5.10 Å². The molecule has 0 aliphatic carbocycles. The molecule has 0 bridgehead atoms. The number of hydrogen-bond donors (Lipinski definition) is 1. The number of aromatic nitrogens is 2. The SMILES string of the molecule is O=S(=O)(Cc1ccc(F)cc1)NCc1ccccc1Cn1cccn1. The maximum Gasteiger partial charge on any atom is 0.216 e. The summed E-state index contributed by atoms with van der Waals surface area (Å²) in [6.45, 7) is 0.768. The van der Waals surface area contributed by atoms with E-state index in [0.717, 1.165) is 11.1 Å². The Balaban J connectivity index is 1.67. The Morgan fingerprint density at radius 1 is 1.00 bits per heavy atom. The molecule has 1 heterocycles. The van der Waals surface area contributed by atoms with Crippen LogP contribution in [0.4, 0.5) is 4.39 Å². The van der Waals surface area contributed by atoms with Crippen molar-refractivity contribution in [3.63, 3.8) is 0 Å². The van der Waals surface area contributed by atoms with E-state index in [0.29, 0.717) is 12.1 Å². The molecule has 1 aromatic heterocycles. The van der Waals surface area contributed by atoms with Crippen LogP contribution in [-0.4, -0.2) is 18.2 Å². The maximum absolute atomic E-state index is 12.9. The largest absolute Gasteiger partial charge is 0.268 e. The van der Waals surface area contributed by atoms with Gasteiger partial charge < -0.3 is 0 Å². The van der Waals surface area contributed by atoms with Gasteiger partial charge in [0.25, 0.3) is 0 Å². The van der Waals surface area contributed by atoms with Crippen LogP contribution in [0, 0.1) is 5.82 Å². The van der Waals surface area contributed by atoms with Crippen LogP contribution in [0.15, 0.2) is 67.0 Å². The van der Waals surface area contributed by atoms with Crippen LogP contribution in [-0.2, 0) is 28.9 Å². The molecule has 0 atom stereocenters. The molecule has 0 unspecified atom stereocenters. The lowest BCUT2D eigenvalue weighted by molar-refractivity contribution is 0.579. The standard InChI is InChI=1S/C18H18FN3O2S/c19-18-8-6-15(7-9-18)14-25(23,24)21-12-16-4-1-2-5-17(16)13-22-11-3-10-20-22/h1-11,21H,12-14H2. The predicted octanol–water partition coefficient (Wildman–Crippen LogP) is 2.69. The van der Waals surface area contributed by atoms with E-state index in [2.05, 4.69) is 9.82 Å². The number of halogens is 1. The molecule has 0 saturated heterocycles. The molecule has 2 aromatic carbocycles. The van der Waals surface area contributed by atoms with Crippen molar-refractivity contribution in [2.24, 2.45) is 0 Å². The van der Waals surface area contributed by atoms with E-state index in [1.54, 1.807) is 10.9 Å². The monoisotopic (exact) mass is 359 g/mol. The topological polar surface area (TPSA) is 64.0 Å². The number of benzene rings is 2. The third kappa shape index (κ3) is 4.98. The predicted molar refractivity (Wildman–Crippen MR) is 93.6 cm³/mol. The van der Waals surface area contributed by atoms with E-state index in [1.807, 2.05) is 36.5 Å². The molecule has 1 N–H and O–H groups in total. The Morgan fingerprint density at radius 2 is 1.72 bits per heavy atom. The van der Waals surface area contributed by atoms with Gasteiger partial charge in [-0.1, -0.05) is 36.4 Å². The van der Waals surface area contributed by atoms with Crippen LogP contribution < -0.4 is 4.72 Å². The third-order valence-electron chi connectivity index (χ3n) is 3.76. The maximum atomic E-state index is 12.9. The molecule has 5 nitrogen and oxygen atoms in total. The van der Waals surface area contributed by atoms with Gasteiger partial charge in [0.2, 0.25) is 10.0 Å². The Labute approximate surface area is 146 Å². The van der Waals surface area contributed by atoms with Crippen LogP contribution >= 0.6 is 0 Å². The number of nitrogens with one attached hydrogen (secondary N) is 1. The fraction of sp³-hybridized carbons (Fsp3) is 0.167. The van der Waals surface area contributed by atoms with Crippen LogP contribution in [0.3, 0.4) is 0 Å². The fourth-order valence-corrected chi connectivity index (χ4v) is 3.60. The van der Waals surface area contributed by atoms with Gasteiger partial charge in [-0.3, -0.25) is 4.68 Å². The average Bonchev–Trinajstić information content (AvgIpc) is 3.09. The van der Waals surface area contributed by atoms with Crippen molar-refractivity contribution in [1.29, 1.82) is 0 Å². The van der Waals surface area contributed by atoms with Gasteiger partial charge >= 0.3 is 0 Å². The molecular weight excluding hydrogens is 341 g/mol. The minimum atomic E-state index is -3.52. The van der Waals surface area contributed by atoms with E-state index in [-0.39, 0.29) is 18.1 Å². The highest BCUT2D eigenvalue weighted by molar-refractivity contribution is 7.88. The quantitative estimate of drug-likeness (QED) is 0.705. The van der Waals surface area contributed by atoms with Gasteiger partial charge in [-0.15, -0.1) is 0 Å². The molecule has 0 aliphatic heterocycles. The summed E-state index contributed by atoms with van der Waals surface area (Å²) in [6.07, 6.45) is 3.56. The highest BCUT2D eigenvalue weighted by Crippen LogP contribution is 2.12. The lowest BCUT2D eigenvalue weighted by Gasteiger charge is -2.11. The zero-order chi connectivity index (χ0) is 17.7. The first kappa shape index (κ1) is 17.3. The van der Waals surface area contributed by atoms with Crippen molar-refractivity contribution >= 4 is 10.0 Å². The molecular formula is C18H18FN3O2S. The van der Waals surface area contributed by atoms with Crippen LogP contribution in [0.2, 0.25) is 0 Å². The fourth-order valence-electron chi connectivity index (χ4n) is 2.49. The molecule has 7 heteroatoms. The zero-order valence-corrected chi connectivity index (χ0v) is 14.3. The highest BCUT2D eigenvalue weighted by Gasteiger charge is 2.13. The first-order valence-electron chi connectivity index (χ1n) is 7.78. The van der Waals surface area contributed by atoms with Crippen molar-refractivity contribution in [3.05, 3.63) is 89.5 Å². The molecule has 0 radical (unpaired) electrons. The molecule has 0 fully saturated rings. The smallest absolute Gasteiger partial charge is 0.216 e. The van der Waals surface area contributed by atoms with Gasteiger partial charge in [0.05, 0.1) is 12.3 Å². The second kappa shape index (κ2) is 7.58. The van der Waals surface area contributed by atoms with Crippen molar-refractivity contribution in [2.45, 2.75) is 18.8 Å². The molecule has 0 aliphatic rings. The van der Waals surface area contributed by atoms with E-state index >= 15 is 0 Å². The van der Waals surface area contributed by atoms with Crippen molar-refractivity contribution in [3.8, 4) is 0 Å². The normalized spacial score (nSPS) is 11.6. The molecule has 0 saturated carbocycles. The van der Waals surface area contributed by atoms with Crippen molar-refractivity contribution in [2.75, 3.05) is 0 Å². The first-order chi connectivity index (χ1) is 12.0. The molecule has 3 aromatic rings. The van der Waals surface area contributed by atoms with E-state index in [1.165, 1.54) is 24.3 Å². The van der Waals surface area contributed by atoms with Crippen LogP contribution in [0.5, 0.6) is 0 Å². The summed E-state index contributed by atoms with van der Waals surface area (Å²) in [5.41, 5.74) is 2.43. The molecule has 0 amide bonds. The highest BCUT2D eigenvalue weighted by atomic mass is 32.2. The lowest BCUT2D eigenvalue weighted by atomic mass is 10.1. The Hall–Kier alpha value is -2.51. The van der Waals surface area contributed by atoms with E-state index < -0.39 is 10.0 Å². The number of sulfonamides is 1. The summed E-state index contributed by atoms with van der Waals surface area (Å²) in [6, 6.07) is 14.9. The Morgan fingerprint density at radius 3 is 2.40 bits per heavy atom. The first-order valence-corrected chi connectivity index (χ1v) is 9.43. The second-order valence-corrected chi connectivity index (χ2v) is 7.49. The second-order valence-electron chi connectivity index (χ2n) is 5.68.